The number of hydrazone groups is 2. The first kappa shape index (κ1) is 40.2. The van der Waals surface area contributed by atoms with Gasteiger partial charge >= 0.3 is 0 Å². The molecular formula is C41H41F4N5O3S4. The Morgan fingerprint density at radius 3 is 1.81 bits per heavy atom. The normalized spacial score (nSPS) is 24.5. The Labute approximate surface area is 344 Å². The van der Waals surface area contributed by atoms with Gasteiger partial charge in [-0.05, 0) is 134 Å². The average Bonchev–Trinajstić information content (AvgIpc) is 4.03. The lowest BCUT2D eigenvalue weighted by Gasteiger charge is -2.40. The van der Waals surface area contributed by atoms with Gasteiger partial charge in [-0.1, -0.05) is 43.8 Å². The van der Waals surface area contributed by atoms with Crippen LogP contribution in [0.1, 0.15) is 90.8 Å². The summed E-state index contributed by atoms with van der Waals surface area (Å²) in [5.41, 5.74) is 2.50. The van der Waals surface area contributed by atoms with Crippen molar-refractivity contribution in [2.75, 3.05) is 6.54 Å². The fraction of sp³-hybridized carbons (Fsp3) is 0.415. The number of carbonyl (C=O) groups is 2. The van der Waals surface area contributed by atoms with E-state index in [0.717, 1.165) is 104 Å². The number of carbonyl (C=O) groups excluding carboxylic acids is 2. The van der Waals surface area contributed by atoms with E-state index in [2.05, 4.69) is 21.6 Å². The molecule has 2 spiro atoms. The number of nitrogens with one attached hydrogen (secondary N) is 1. The van der Waals surface area contributed by atoms with Crippen molar-refractivity contribution in [3.63, 3.8) is 0 Å². The summed E-state index contributed by atoms with van der Waals surface area (Å²) in [7, 11) is 0. The van der Waals surface area contributed by atoms with Crippen molar-refractivity contribution in [3.05, 3.63) is 115 Å². The second-order valence-electron chi connectivity index (χ2n) is 15.1. The molecular weight excluding hydrogens is 815 g/mol. The lowest BCUT2D eigenvalue weighted by Crippen LogP contribution is -2.52. The highest BCUT2D eigenvalue weighted by molar-refractivity contribution is 8.15. The topological polar surface area (TPSA) is 97.6 Å². The van der Waals surface area contributed by atoms with Crippen molar-refractivity contribution < 1.29 is 32.3 Å². The number of rotatable bonds is 5. The maximum absolute atomic E-state index is 14.5. The van der Waals surface area contributed by atoms with Crippen LogP contribution in [0.4, 0.5) is 17.6 Å². The first-order valence-electron chi connectivity index (χ1n) is 19.1. The molecule has 2 N–H and O–H groups in total. The van der Waals surface area contributed by atoms with Gasteiger partial charge in [0.1, 0.15) is 39.5 Å². The number of thioether (sulfide) groups is 2. The highest BCUT2D eigenvalue weighted by atomic mass is 32.2. The van der Waals surface area contributed by atoms with Crippen molar-refractivity contribution in [2.24, 2.45) is 16.1 Å². The van der Waals surface area contributed by atoms with Crippen LogP contribution >= 0.6 is 46.2 Å². The van der Waals surface area contributed by atoms with Gasteiger partial charge in [-0.3, -0.25) is 9.59 Å². The summed E-state index contributed by atoms with van der Waals surface area (Å²) in [6, 6.07) is 10.4. The Balaban J connectivity index is 0.000000160. The smallest absolute Gasteiger partial charge is 0.273 e. The molecule has 16 heteroatoms. The van der Waals surface area contributed by atoms with E-state index in [-0.39, 0.29) is 34.0 Å². The van der Waals surface area contributed by atoms with Gasteiger partial charge in [0.05, 0.1) is 6.04 Å². The van der Waals surface area contributed by atoms with Crippen LogP contribution in [0.25, 0.3) is 0 Å². The van der Waals surface area contributed by atoms with Gasteiger partial charge in [-0.15, -0.1) is 22.7 Å². The lowest BCUT2D eigenvalue weighted by atomic mass is 9.93. The number of amides is 2. The highest BCUT2D eigenvalue weighted by Gasteiger charge is 2.54. The summed E-state index contributed by atoms with van der Waals surface area (Å²) >= 11 is 5.81. The Hall–Kier alpha value is -3.54. The molecule has 4 aromatic rings. The molecule has 4 atom stereocenters. The first-order valence-corrected chi connectivity index (χ1v) is 22.5. The fourth-order valence-corrected chi connectivity index (χ4v) is 13.5. The molecule has 300 valence electrons. The molecule has 5 heterocycles. The number of aliphatic hydroxyl groups is 1. The van der Waals surface area contributed by atoms with Crippen LogP contribution in [0.2, 0.25) is 0 Å². The number of aliphatic hydroxyl groups excluding tert-OH is 1. The molecule has 1 saturated heterocycles. The minimum Gasteiger partial charge on any atom is -0.383 e. The third-order valence-electron chi connectivity index (χ3n) is 11.0. The number of aryl methyl sites for hydroxylation is 2. The molecule has 5 aliphatic rings. The van der Waals surface area contributed by atoms with Gasteiger partial charge in [0.25, 0.3) is 11.8 Å². The van der Waals surface area contributed by atoms with E-state index in [9.17, 15) is 32.3 Å². The molecule has 2 aliphatic carbocycles. The molecule has 2 aromatic heterocycles. The summed E-state index contributed by atoms with van der Waals surface area (Å²) in [6.07, 6.45) is 6.61. The van der Waals surface area contributed by atoms with E-state index in [1.54, 1.807) is 30.2 Å². The van der Waals surface area contributed by atoms with E-state index < -0.39 is 45.0 Å². The Morgan fingerprint density at radius 1 is 0.772 bits per heavy atom. The summed E-state index contributed by atoms with van der Waals surface area (Å²) in [4.78, 5) is 27.2. The summed E-state index contributed by atoms with van der Waals surface area (Å²) < 4.78 is 56.6. The standard InChI is InChI=1S/C21H21F2N3OS2.C20H20F2N2O2S2/c22-14-6-7-16(23)15(12-14)19-25-26(20(27)17-5-1-2-10-24-17)21(29-19)9-3-4-13-8-11-28-18(13)21;1-11(2)16(25)19(26)24-20(8-3-4-12-7-9-27-17(12)20)28-18(23-24)14-10-13(21)5-6-15(14)22/h6-8,11-12,17,24H,1-5,9-10H2;5-7,9-11,16,25H,3-4,8H2,1-2H3/t17-,21?;16-,20?/m00/s1. The monoisotopic (exact) mass is 855 g/mol. The third kappa shape index (κ3) is 7.39. The zero-order chi connectivity index (χ0) is 40.1. The van der Waals surface area contributed by atoms with E-state index in [4.69, 9.17) is 0 Å². The van der Waals surface area contributed by atoms with Crippen LogP contribution in [0.5, 0.6) is 0 Å². The molecule has 2 amide bonds. The molecule has 3 aliphatic heterocycles. The van der Waals surface area contributed by atoms with Crippen LogP contribution in [0, 0.1) is 29.2 Å². The van der Waals surface area contributed by atoms with Crippen molar-refractivity contribution in [3.8, 4) is 0 Å². The van der Waals surface area contributed by atoms with Gasteiger partial charge in [0.2, 0.25) is 0 Å². The molecule has 0 radical (unpaired) electrons. The predicted molar refractivity (Wildman–Crippen MR) is 219 cm³/mol. The Kier molecular flexibility index (Phi) is 11.5. The Bertz CT molecular complexity index is 2260. The van der Waals surface area contributed by atoms with Crippen molar-refractivity contribution in [1.29, 1.82) is 0 Å². The van der Waals surface area contributed by atoms with E-state index >= 15 is 0 Å². The van der Waals surface area contributed by atoms with E-state index in [1.165, 1.54) is 51.5 Å². The van der Waals surface area contributed by atoms with Gasteiger partial charge in [0.15, 0.2) is 9.74 Å². The van der Waals surface area contributed by atoms with Crippen LogP contribution in [-0.4, -0.2) is 55.7 Å². The van der Waals surface area contributed by atoms with Gasteiger partial charge in [-0.2, -0.15) is 10.2 Å². The molecule has 2 unspecified atom stereocenters. The number of fused-ring (bicyclic) bond motifs is 4. The number of hydrogen-bond acceptors (Lipinski definition) is 10. The number of halogens is 4. The zero-order valence-electron chi connectivity index (χ0n) is 31.3. The minimum atomic E-state index is -1.22. The predicted octanol–water partition coefficient (Wildman–Crippen LogP) is 9.06. The number of thiophene rings is 2. The average molecular weight is 856 g/mol. The van der Waals surface area contributed by atoms with Crippen molar-refractivity contribution in [1.82, 2.24) is 15.3 Å². The molecule has 8 nitrogen and oxygen atoms in total. The third-order valence-corrected chi connectivity index (χ3v) is 16.3. The van der Waals surface area contributed by atoms with Crippen molar-refractivity contribution >= 4 is 68.1 Å². The summed E-state index contributed by atoms with van der Waals surface area (Å²) in [6.45, 7) is 4.32. The second-order valence-corrected chi connectivity index (χ2v) is 19.4. The first-order chi connectivity index (χ1) is 27.4. The fourth-order valence-electron chi connectivity index (χ4n) is 8.02. The van der Waals surface area contributed by atoms with E-state index in [0.29, 0.717) is 11.5 Å². The second kappa shape index (κ2) is 16.3. The number of nitrogens with zero attached hydrogens (tertiary/aromatic N) is 4. The number of piperidine rings is 1. The van der Waals surface area contributed by atoms with Crippen LogP contribution in [-0.2, 0) is 32.2 Å². The molecule has 57 heavy (non-hydrogen) atoms. The Morgan fingerprint density at radius 2 is 1.30 bits per heavy atom. The number of hydrogen-bond donors (Lipinski definition) is 2. The minimum absolute atomic E-state index is 0.0300. The lowest BCUT2D eigenvalue weighted by molar-refractivity contribution is -0.146. The molecule has 9 rings (SSSR count). The van der Waals surface area contributed by atoms with Gasteiger partial charge in [-0.25, -0.2) is 27.6 Å². The van der Waals surface area contributed by atoms with Crippen LogP contribution in [0.3, 0.4) is 0 Å². The van der Waals surface area contributed by atoms with Crippen molar-refractivity contribution in [2.45, 2.75) is 93.5 Å². The molecule has 0 bridgehead atoms. The van der Waals surface area contributed by atoms with Crippen LogP contribution in [0.15, 0.2) is 69.5 Å². The maximum atomic E-state index is 14.5. The van der Waals surface area contributed by atoms with Crippen LogP contribution < -0.4 is 5.32 Å². The quantitative estimate of drug-likeness (QED) is 0.195. The number of benzene rings is 2. The summed E-state index contributed by atoms with van der Waals surface area (Å²) in [5.74, 6) is -3.09. The molecule has 0 saturated carbocycles. The highest BCUT2D eigenvalue weighted by Crippen LogP contribution is 2.57. The van der Waals surface area contributed by atoms with Gasteiger partial charge < -0.3 is 10.4 Å². The van der Waals surface area contributed by atoms with Gasteiger partial charge in [0, 0.05) is 20.9 Å². The maximum Gasteiger partial charge on any atom is 0.273 e. The largest absolute Gasteiger partial charge is 0.383 e. The molecule has 2 aromatic carbocycles. The summed E-state index contributed by atoms with van der Waals surface area (Å²) in [5, 5.41) is 30.3. The SMILES string of the molecule is CC(C)[C@H](O)C(=O)N1N=C(c2cc(F)ccc2F)SC12CCCc1ccsc12.O=C([C@@H]1CCCCN1)N1N=C(c2cc(F)ccc2F)SC12CCCc1ccsc12. The van der Waals surface area contributed by atoms with E-state index in [1.807, 2.05) is 16.8 Å². The molecule has 1 fully saturated rings. The zero-order valence-corrected chi connectivity index (χ0v) is 34.5.